The number of hydrogen-bond donors (Lipinski definition) is 3. The summed E-state index contributed by atoms with van der Waals surface area (Å²) in [5.74, 6) is 1.73. The summed E-state index contributed by atoms with van der Waals surface area (Å²) in [5, 5.41) is 7.79. The minimum Gasteiger partial charge on any atom is -0.435 e. The van der Waals surface area contributed by atoms with E-state index < -0.39 is 6.61 Å². The van der Waals surface area contributed by atoms with Gasteiger partial charge in [0.2, 0.25) is 0 Å². The number of alkyl halides is 2. The van der Waals surface area contributed by atoms with E-state index in [1.165, 1.54) is 31.4 Å². The number of pyridine rings is 1. The molecular formula is C30H35F2N5O. The lowest BCUT2D eigenvalue weighted by Gasteiger charge is -2.41. The molecule has 8 heteroatoms. The van der Waals surface area contributed by atoms with Gasteiger partial charge < -0.3 is 26.0 Å². The summed E-state index contributed by atoms with van der Waals surface area (Å²) in [6.45, 7) is -1.69. The van der Waals surface area contributed by atoms with Crippen molar-refractivity contribution in [3.8, 4) is 16.9 Å². The summed E-state index contributed by atoms with van der Waals surface area (Å²) in [7, 11) is 0. The van der Waals surface area contributed by atoms with Crippen molar-refractivity contribution in [2.24, 2.45) is 5.92 Å². The first-order chi connectivity index (χ1) is 18.5. The third-order valence-electron chi connectivity index (χ3n) is 8.41. The zero-order valence-electron chi connectivity index (χ0n) is 21.4. The molecule has 1 saturated heterocycles. The van der Waals surface area contributed by atoms with Gasteiger partial charge >= 0.3 is 6.61 Å². The smallest absolute Gasteiger partial charge is 0.387 e. The van der Waals surface area contributed by atoms with Gasteiger partial charge in [0.05, 0.1) is 0 Å². The first kappa shape index (κ1) is 24.9. The van der Waals surface area contributed by atoms with Gasteiger partial charge in [-0.3, -0.25) is 0 Å². The van der Waals surface area contributed by atoms with Crippen LogP contribution < -0.4 is 26.0 Å². The number of hydrogen-bond acceptors (Lipinski definition) is 6. The number of piperidine rings is 1. The van der Waals surface area contributed by atoms with Crippen molar-refractivity contribution in [1.29, 1.82) is 0 Å². The largest absolute Gasteiger partial charge is 0.435 e. The van der Waals surface area contributed by atoms with Crippen molar-refractivity contribution in [2.75, 3.05) is 22.5 Å². The van der Waals surface area contributed by atoms with Crippen LogP contribution in [0.15, 0.2) is 66.9 Å². The molecule has 4 N–H and O–H groups in total. The number of fused-ring (bicyclic) bond motifs is 2. The lowest BCUT2D eigenvalue weighted by molar-refractivity contribution is -0.0498. The number of aromatic nitrogens is 1. The molecule has 1 aliphatic heterocycles. The highest BCUT2D eigenvalue weighted by atomic mass is 19.3. The lowest BCUT2D eigenvalue weighted by Crippen LogP contribution is -2.56. The maximum absolute atomic E-state index is 12.5. The fraction of sp³-hybridized carbons (Fsp3) is 0.433. The Bertz CT molecular complexity index is 1220. The zero-order valence-corrected chi connectivity index (χ0v) is 21.4. The zero-order chi connectivity index (χ0) is 26.1. The summed E-state index contributed by atoms with van der Waals surface area (Å²) in [6.07, 6.45) is 8.97. The van der Waals surface area contributed by atoms with Crippen LogP contribution in [0, 0.1) is 5.92 Å². The van der Waals surface area contributed by atoms with Gasteiger partial charge in [-0.05, 0) is 91.3 Å². The molecule has 5 atom stereocenters. The van der Waals surface area contributed by atoms with E-state index in [-0.39, 0.29) is 5.75 Å². The van der Waals surface area contributed by atoms with Gasteiger partial charge in [0, 0.05) is 48.3 Å². The Hall–Kier alpha value is -3.39. The van der Waals surface area contributed by atoms with E-state index in [4.69, 9.17) is 5.73 Å². The highest BCUT2D eigenvalue weighted by Crippen LogP contribution is 2.41. The van der Waals surface area contributed by atoms with Gasteiger partial charge in [-0.25, -0.2) is 4.98 Å². The van der Waals surface area contributed by atoms with Gasteiger partial charge in [-0.15, -0.1) is 0 Å². The molecule has 38 heavy (non-hydrogen) atoms. The lowest BCUT2D eigenvalue weighted by atomic mass is 9.89. The summed E-state index contributed by atoms with van der Waals surface area (Å²) >= 11 is 0. The second-order valence-corrected chi connectivity index (χ2v) is 10.9. The number of ether oxygens (including phenoxy) is 1. The monoisotopic (exact) mass is 519 g/mol. The molecule has 2 saturated carbocycles. The molecule has 2 aromatic carbocycles. The molecule has 1 aromatic heterocycles. The van der Waals surface area contributed by atoms with Gasteiger partial charge in [0.1, 0.15) is 11.6 Å². The van der Waals surface area contributed by atoms with Crippen molar-refractivity contribution in [3.63, 3.8) is 0 Å². The molecule has 0 spiro atoms. The van der Waals surface area contributed by atoms with Crippen LogP contribution in [-0.4, -0.2) is 42.3 Å². The minimum absolute atomic E-state index is 0.155. The minimum atomic E-state index is -2.82. The van der Waals surface area contributed by atoms with Crippen LogP contribution in [0.2, 0.25) is 0 Å². The molecule has 3 aromatic rings. The Labute approximate surface area is 222 Å². The fourth-order valence-corrected chi connectivity index (χ4v) is 6.65. The molecule has 0 unspecified atom stereocenters. The van der Waals surface area contributed by atoms with Crippen LogP contribution in [0.5, 0.6) is 5.75 Å². The second kappa shape index (κ2) is 10.8. The third-order valence-corrected chi connectivity index (χ3v) is 8.41. The summed E-state index contributed by atoms with van der Waals surface area (Å²) in [5.41, 5.74) is 9.91. The second-order valence-electron chi connectivity index (χ2n) is 10.9. The van der Waals surface area contributed by atoms with E-state index in [1.807, 2.05) is 24.3 Å². The van der Waals surface area contributed by atoms with Crippen LogP contribution >= 0.6 is 0 Å². The molecule has 2 aliphatic carbocycles. The Morgan fingerprint density at radius 3 is 2.39 bits per heavy atom. The van der Waals surface area contributed by atoms with Crippen molar-refractivity contribution in [2.45, 2.75) is 69.3 Å². The number of nitrogens with two attached hydrogens (primary N) is 1. The molecule has 0 radical (unpaired) electrons. The van der Waals surface area contributed by atoms with Crippen molar-refractivity contribution < 1.29 is 13.5 Å². The molecule has 2 heterocycles. The van der Waals surface area contributed by atoms with E-state index in [9.17, 15) is 8.78 Å². The number of anilines is 3. The van der Waals surface area contributed by atoms with E-state index in [0.29, 0.717) is 24.2 Å². The number of nitrogens with one attached hydrogen (secondary N) is 2. The van der Waals surface area contributed by atoms with Crippen LogP contribution in [0.1, 0.15) is 38.5 Å². The maximum atomic E-state index is 12.5. The average Bonchev–Trinajstić information content (AvgIpc) is 3.51. The van der Waals surface area contributed by atoms with E-state index in [1.54, 1.807) is 30.5 Å². The first-order valence-electron chi connectivity index (χ1n) is 13.7. The highest BCUT2D eigenvalue weighted by molar-refractivity contribution is 5.67. The standard InChI is InChI=1S/C30H35F2N5O/c31-30(32)38-24-11-5-20(6-12-24)21-13-14-34-29(17-21)36-26-4-2-1-3-25(26)35-27-15-19-16-28(27)37(18-19)23-9-7-22(33)8-10-23/h5-14,17,19,25-28,30,35H,1-4,15-16,18,33H2,(H,34,36)/t19-,25-,26-,27+,28-/m1/s1. The summed E-state index contributed by atoms with van der Waals surface area (Å²) < 4.78 is 29.4. The summed E-state index contributed by atoms with van der Waals surface area (Å²) in [6, 6.07) is 20.7. The maximum Gasteiger partial charge on any atom is 0.387 e. The van der Waals surface area contributed by atoms with Crippen LogP contribution in [-0.2, 0) is 0 Å². The summed E-state index contributed by atoms with van der Waals surface area (Å²) in [4.78, 5) is 7.17. The molecule has 6 nitrogen and oxygen atoms in total. The first-order valence-corrected chi connectivity index (χ1v) is 13.7. The van der Waals surface area contributed by atoms with Crippen LogP contribution in [0.3, 0.4) is 0 Å². The average molecular weight is 520 g/mol. The number of nitrogens with zero attached hydrogens (tertiary/aromatic N) is 2. The van der Waals surface area contributed by atoms with Crippen molar-refractivity contribution in [1.82, 2.24) is 10.3 Å². The molecule has 200 valence electrons. The molecular weight excluding hydrogens is 484 g/mol. The Kier molecular flexibility index (Phi) is 7.06. The predicted octanol–water partition coefficient (Wildman–Crippen LogP) is 5.91. The van der Waals surface area contributed by atoms with Crippen LogP contribution in [0.4, 0.5) is 26.0 Å². The number of nitrogen functional groups attached to an aromatic ring is 1. The number of halogens is 2. The topological polar surface area (TPSA) is 75.4 Å². The normalized spacial score (nSPS) is 26.6. The van der Waals surface area contributed by atoms with Gasteiger partial charge in [0.15, 0.2) is 0 Å². The Morgan fingerprint density at radius 2 is 1.66 bits per heavy atom. The van der Waals surface area contributed by atoms with Gasteiger partial charge in [-0.2, -0.15) is 8.78 Å². The molecule has 6 rings (SSSR count). The third kappa shape index (κ3) is 5.41. The molecule has 2 bridgehead atoms. The molecule has 3 aliphatic rings. The van der Waals surface area contributed by atoms with E-state index >= 15 is 0 Å². The number of benzene rings is 2. The molecule has 0 amide bonds. The molecule has 3 fully saturated rings. The van der Waals surface area contributed by atoms with Crippen molar-refractivity contribution >= 4 is 17.2 Å². The predicted molar refractivity (Wildman–Crippen MR) is 148 cm³/mol. The van der Waals surface area contributed by atoms with Gasteiger partial charge in [0.25, 0.3) is 0 Å². The SMILES string of the molecule is Nc1ccc(N2C[C@@H]3C[C@H](N[C@@H]4CCCC[C@H]4Nc4cc(-c5ccc(OC(F)F)cc5)ccn4)[C@H]2C3)cc1. The van der Waals surface area contributed by atoms with E-state index in [0.717, 1.165) is 47.9 Å². The van der Waals surface area contributed by atoms with Crippen LogP contribution in [0.25, 0.3) is 11.1 Å². The Morgan fingerprint density at radius 1 is 0.895 bits per heavy atom. The Balaban J connectivity index is 1.12. The van der Waals surface area contributed by atoms with Gasteiger partial charge in [-0.1, -0.05) is 25.0 Å². The highest BCUT2D eigenvalue weighted by Gasteiger charge is 2.46. The van der Waals surface area contributed by atoms with E-state index in [2.05, 4.69) is 37.4 Å². The fourth-order valence-electron chi connectivity index (χ4n) is 6.65. The number of rotatable bonds is 8. The quantitative estimate of drug-likeness (QED) is 0.321. The van der Waals surface area contributed by atoms with Crippen molar-refractivity contribution in [3.05, 3.63) is 66.9 Å².